The van der Waals surface area contributed by atoms with Gasteiger partial charge in [-0.2, -0.15) is 0 Å². The predicted octanol–water partition coefficient (Wildman–Crippen LogP) is 4.20. The van der Waals surface area contributed by atoms with E-state index in [0.29, 0.717) is 12.1 Å². The molecule has 102 valence electrons. The van der Waals surface area contributed by atoms with Crippen molar-refractivity contribution >= 4 is 5.91 Å². The molecule has 0 bridgehead atoms. The molecule has 0 atom stereocenters. The number of hydrogen-bond acceptors (Lipinski definition) is 1. The molecule has 1 N–H and O–H groups in total. The summed E-state index contributed by atoms with van der Waals surface area (Å²) in [5, 5.41) is 2.90. The van der Waals surface area contributed by atoms with Crippen LogP contribution in [0.15, 0.2) is 54.6 Å². The number of rotatable bonds is 3. The van der Waals surface area contributed by atoms with Gasteiger partial charge in [0, 0.05) is 13.5 Å². The van der Waals surface area contributed by atoms with E-state index in [9.17, 15) is 4.79 Å². The third-order valence-corrected chi connectivity index (χ3v) is 2.58. The summed E-state index contributed by atoms with van der Waals surface area (Å²) in [5.74, 6) is -0.0300. The van der Waals surface area contributed by atoms with Crippen LogP contribution in [-0.2, 0) is 6.54 Å². The van der Waals surface area contributed by atoms with E-state index in [1.165, 1.54) is 0 Å². The largest absolute Gasteiger partial charge is 0.348 e. The lowest BCUT2D eigenvalue weighted by Gasteiger charge is -2.05. The molecule has 0 radical (unpaired) electrons. The molecule has 2 heteroatoms. The Morgan fingerprint density at radius 3 is 2.37 bits per heavy atom. The molecule has 0 heterocycles. The summed E-state index contributed by atoms with van der Waals surface area (Å²) >= 11 is 0. The summed E-state index contributed by atoms with van der Waals surface area (Å²) in [6.45, 7) is 6.54. The molecule has 2 aromatic rings. The maximum atomic E-state index is 11.9. The first-order valence-electron chi connectivity index (χ1n) is 6.64. The highest BCUT2D eigenvalue weighted by Gasteiger charge is 2.04. The highest BCUT2D eigenvalue weighted by molar-refractivity contribution is 5.94. The van der Waals surface area contributed by atoms with E-state index in [0.717, 1.165) is 11.1 Å². The first kappa shape index (κ1) is 15.0. The van der Waals surface area contributed by atoms with Gasteiger partial charge in [0.25, 0.3) is 5.91 Å². The summed E-state index contributed by atoms with van der Waals surface area (Å²) in [7, 11) is 0. The van der Waals surface area contributed by atoms with Crippen LogP contribution < -0.4 is 5.32 Å². The summed E-state index contributed by atoms with van der Waals surface area (Å²) in [5.41, 5.74) is 2.91. The molecule has 0 aliphatic carbocycles. The molecule has 0 unspecified atom stereocenters. The Bertz CT molecular complexity index is 511. The van der Waals surface area contributed by atoms with Crippen molar-refractivity contribution in [1.29, 1.82) is 0 Å². The number of hydrogen-bond donors (Lipinski definition) is 1. The van der Waals surface area contributed by atoms with Crippen molar-refractivity contribution in [3.05, 3.63) is 71.3 Å². The van der Waals surface area contributed by atoms with Crippen LogP contribution in [0.4, 0.5) is 0 Å². The lowest BCUT2D eigenvalue weighted by molar-refractivity contribution is 0.0951. The van der Waals surface area contributed by atoms with Crippen molar-refractivity contribution in [2.75, 3.05) is 0 Å². The van der Waals surface area contributed by atoms with E-state index in [2.05, 4.69) is 5.32 Å². The number of carbonyl (C=O) groups is 1. The van der Waals surface area contributed by atoms with Crippen molar-refractivity contribution < 1.29 is 6.22 Å². The first-order chi connectivity index (χ1) is 9.25. The SMILES string of the molecule is CC.Cc1cccc(C(=O)NCc2ccccc2)c1.[HH]. The van der Waals surface area contributed by atoms with Gasteiger partial charge in [0.2, 0.25) is 0 Å². The molecule has 19 heavy (non-hydrogen) atoms. The summed E-state index contributed by atoms with van der Waals surface area (Å²) in [6.07, 6.45) is 0. The van der Waals surface area contributed by atoms with Crippen LogP contribution in [-0.4, -0.2) is 5.91 Å². The maximum Gasteiger partial charge on any atom is 0.251 e. The van der Waals surface area contributed by atoms with Crippen LogP contribution in [0.1, 0.15) is 36.8 Å². The molecular formula is C17H23NO. The molecule has 0 aromatic heterocycles. The van der Waals surface area contributed by atoms with Crippen LogP contribution in [0.25, 0.3) is 0 Å². The minimum Gasteiger partial charge on any atom is -0.348 e. The number of carbonyl (C=O) groups excluding carboxylic acids is 1. The summed E-state index contributed by atoms with van der Waals surface area (Å²) in [4.78, 5) is 11.9. The van der Waals surface area contributed by atoms with Crippen LogP contribution in [0.3, 0.4) is 0 Å². The van der Waals surface area contributed by atoms with E-state index >= 15 is 0 Å². The summed E-state index contributed by atoms with van der Waals surface area (Å²) < 4.78 is 0. The first-order valence-corrected chi connectivity index (χ1v) is 6.64. The van der Waals surface area contributed by atoms with E-state index in [-0.39, 0.29) is 7.33 Å². The quantitative estimate of drug-likeness (QED) is 0.877. The zero-order valence-corrected chi connectivity index (χ0v) is 11.8. The van der Waals surface area contributed by atoms with Crippen molar-refractivity contribution in [3.63, 3.8) is 0 Å². The van der Waals surface area contributed by atoms with Gasteiger partial charge < -0.3 is 5.32 Å². The van der Waals surface area contributed by atoms with Gasteiger partial charge in [-0.25, -0.2) is 0 Å². The van der Waals surface area contributed by atoms with Crippen molar-refractivity contribution in [3.8, 4) is 0 Å². The van der Waals surface area contributed by atoms with Gasteiger partial charge in [-0.15, -0.1) is 0 Å². The Morgan fingerprint density at radius 2 is 1.74 bits per heavy atom. The number of benzene rings is 2. The normalized spacial score (nSPS) is 9.21. The third kappa shape index (κ3) is 4.96. The van der Waals surface area contributed by atoms with Gasteiger partial charge in [-0.05, 0) is 24.6 Å². The fourth-order valence-corrected chi connectivity index (χ4v) is 1.67. The monoisotopic (exact) mass is 257 g/mol. The van der Waals surface area contributed by atoms with Crippen LogP contribution in [0.5, 0.6) is 0 Å². The third-order valence-electron chi connectivity index (χ3n) is 2.58. The maximum absolute atomic E-state index is 11.9. The van der Waals surface area contributed by atoms with Crippen LogP contribution in [0.2, 0.25) is 0 Å². The Hall–Kier alpha value is -2.09. The molecule has 0 fully saturated rings. The fourth-order valence-electron chi connectivity index (χ4n) is 1.67. The highest BCUT2D eigenvalue weighted by atomic mass is 16.1. The average Bonchev–Trinajstić information content (AvgIpc) is 2.48. The molecule has 1 amide bonds. The lowest BCUT2D eigenvalue weighted by atomic mass is 10.1. The van der Waals surface area contributed by atoms with E-state index in [1.807, 2.05) is 75.4 Å². The van der Waals surface area contributed by atoms with Crippen LogP contribution in [0, 0.1) is 6.92 Å². The topological polar surface area (TPSA) is 29.1 Å². The van der Waals surface area contributed by atoms with Gasteiger partial charge in [0.05, 0.1) is 0 Å². The Kier molecular flexibility index (Phi) is 6.37. The Labute approximate surface area is 117 Å². The van der Waals surface area contributed by atoms with E-state index < -0.39 is 0 Å². The number of nitrogens with one attached hydrogen (secondary N) is 1. The second kappa shape index (κ2) is 8.09. The fraction of sp³-hybridized carbons (Fsp3) is 0.235. The van der Waals surface area contributed by atoms with Crippen molar-refractivity contribution in [2.24, 2.45) is 0 Å². The molecule has 2 aromatic carbocycles. The van der Waals surface area contributed by atoms with Gasteiger partial charge in [-0.1, -0.05) is 61.9 Å². The van der Waals surface area contributed by atoms with Crippen molar-refractivity contribution in [1.82, 2.24) is 5.32 Å². The number of aryl methyl sites for hydroxylation is 1. The molecule has 2 nitrogen and oxygen atoms in total. The highest BCUT2D eigenvalue weighted by Crippen LogP contribution is 2.04. The zero-order valence-electron chi connectivity index (χ0n) is 11.8. The molecular weight excluding hydrogens is 234 g/mol. The second-order valence-electron chi connectivity index (χ2n) is 4.04. The average molecular weight is 257 g/mol. The van der Waals surface area contributed by atoms with E-state index in [1.54, 1.807) is 0 Å². The Morgan fingerprint density at radius 1 is 1.05 bits per heavy atom. The van der Waals surface area contributed by atoms with Crippen molar-refractivity contribution in [2.45, 2.75) is 27.3 Å². The molecule has 0 aliphatic heterocycles. The second-order valence-corrected chi connectivity index (χ2v) is 4.04. The van der Waals surface area contributed by atoms with E-state index in [4.69, 9.17) is 0 Å². The minimum atomic E-state index is -0.0300. The molecule has 2 rings (SSSR count). The van der Waals surface area contributed by atoms with Gasteiger partial charge in [0.15, 0.2) is 0 Å². The van der Waals surface area contributed by atoms with Crippen LogP contribution >= 0.6 is 0 Å². The summed E-state index contributed by atoms with van der Waals surface area (Å²) in [6, 6.07) is 17.5. The molecule has 0 saturated carbocycles. The number of amides is 1. The lowest BCUT2D eigenvalue weighted by Crippen LogP contribution is -2.22. The van der Waals surface area contributed by atoms with Gasteiger partial charge in [-0.3, -0.25) is 4.79 Å². The van der Waals surface area contributed by atoms with Gasteiger partial charge >= 0.3 is 0 Å². The standard InChI is InChI=1S/C15H15NO.C2H6.H2/c1-12-6-5-9-14(10-12)15(17)16-11-13-7-3-2-4-8-13;1-2;/h2-10H,11H2,1H3,(H,16,17);1-2H3;1H. The van der Waals surface area contributed by atoms with Gasteiger partial charge in [0.1, 0.15) is 0 Å². The predicted molar refractivity (Wildman–Crippen MR) is 82.3 cm³/mol. The Balaban J connectivity index is 0.00000115. The molecule has 0 aliphatic rings. The molecule has 0 saturated heterocycles. The molecule has 0 spiro atoms. The minimum absolute atomic E-state index is 0. The smallest absolute Gasteiger partial charge is 0.251 e. The zero-order chi connectivity index (χ0) is 14.1.